The summed E-state index contributed by atoms with van der Waals surface area (Å²) in [5.74, 6) is -0.0722. The van der Waals surface area contributed by atoms with Crippen LogP contribution < -0.4 is 0 Å². The third-order valence-electron chi connectivity index (χ3n) is 2.65. The molecule has 4 heteroatoms. The van der Waals surface area contributed by atoms with E-state index >= 15 is 0 Å². The first-order valence-corrected chi connectivity index (χ1v) is 7.15. The molecule has 0 unspecified atom stereocenters. The Hall–Kier alpha value is -1.000. The van der Waals surface area contributed by atoms with Gasteiger partial charge in [-0.15, -0.1) is 0 Å². The van der Waals surface area contributed by atoms with Gasteiger partial charge in [0, 0.05) is 20.7 Å². The molecule has 92 valence electrons. The molecule has 1 heterocycles. The maximum absolute atomic E-state index is 12.3. The van der Waals surface area contributed by atoms with Crippen LogP contribution in [-0.2, 0) is 6.42 Å². The molecule has 0 aliphatic heterocycles. The second-order valence-corrected chi connectivity index (χ2v) is 5.63. The van der Waals surface area contributed by atoms with Gasteiger partial charge in [-0.25, -0.2) is 0 Å². The molecule has 18 heavy (non-hydrogen) atoms. The minimum atomic E-state index is -0.0722. The number of ketones is 1. The lowest BCUT2D eigenvalue weighted by atomic mass is 10.0. The fraction of sp³-hybridized carbons (Fsp3) is 0.143. The highest BCUT2D eigenvalue weighted by atomic mass is 79.9. The summed E-state index contributed by atoms with van der Waals surface area (Å²) in [5.41, 5.74) is 2.31. The highest BCUT2D eigenvalue weighted by Crippen LogP contribution is 2.22. The van der Waals surface area contributed by atoms with Gasteiger partial charge < -0.3 is 0 Å². The van der Waals surface area contributed by atoms with E-state index in [1.807, 2.05) is 30.3 Å². The third kappa shape index (κ3) is 2.87. The molecule has 0 aliphatic carbocycles. The van der Waals surface area contributed by atoms with E-state index in [1.165, 1.54) is 5.56 Å². The van der Waals surface area contributed by atoms with Crippen LogP contribution >= 0.6 is 31.9 Å². The molecule has 0 saturated carbocycles. The Morgan fingerprint density at radius 1 is 1.22 bits per heavy atom. The largest absolute Gasteiger partial charge is 0.287 e. The Morgan fingerprint density at radius 3 is 2.44 bits per heavy atom. The number of halogens is 2. The zero-order valence-electron chi connectivity index (χ0n) is 9.78. The number of aryl methyl sites for hydroxylation is 1. The molecule has 0 amide bonds. The van der Waals surface area contributed by atoms with Crippen molar-refractivity contribution in [2.75, 3.05) is 0 Å². The molecule has 0 bridgehead atoms. The lowest BCUT2D eigenvalue weighted by Gasteiger charge is -2.04. The van der Waals surface area contributed by atoms with Crippen LogP contribution in [0.4, 0.5) is 0 Å². The highest BCUT2D eigenvalue weighted by Gasteiger charge is 2.14. The van der Waals surface area contributed by atoms with Crippen molar-refractivity contribution >= 4 is 37.6 Å². The van der Waals surface area contributed by atoms with Crippen molar-refractivity contribution in [1.82, 2.24) is 4.98 Å². The summed E-state index contributed by atoms with van der Waals surface area (Å²) in [7, 11) is 0. The number of carbonyl (C=O) groups is 1. The lowest BCUT2D eigenvalue weighted by Crippen LogP contribution is -2.05. The van der Waals surface area contributed by atoms with Crippen LogP contribution in [0, 0.1) is 0 Å². The van der Waals surface area contributed by atoms with Gasteiger partial charge in [-0.2, -0.15) is 0 Å². The Bertz CT molecular complexity index is 579. The molecule has 0 N–H and O–H groups in total. The predicted octanol–water partition coefficient (Wildman–Crippen LogP) is 4.40. The van der Waals surface area contributed by atoms with Gasteiger partial charge in [-0.3, -0.25) is 9.78 Å². The Morgan fingerprint density at radius 2 is 1.89 bits per heavy atom. The molecule has 0 radical (unpaired) electrons. The highest BCUT2D eigenvalue weighted by molar-refractivity contribution is 9.11. The number of rotatable bonds is 3. The molecule has 1 aromatic carbocycles. The predicted molar refractivity (Wildman–Crippen MR) is 78.9 cm³/mol. The van der Waals surface area contributed by atoms with Crippen LogP contribution in [-0.4, -0.2) is 10.8 Å². The number of benzene rings is 1. The first-order valence-electron chi connectivity index (χ1n) is 5.56. The van der Waals surface area contributed by atoms with Gasteiger partial charge in [0.2, 0.25) is 5.78 Å². The lowest BCUT2D eigenvalue weighted by molar-refractivity contribution is 0.103. The second-order valence-electron chi connectivity index (χ2n) is 3.86. The maximum Gasteiger partial charge on any atom is 0.212 e. The average Bonchev–Trinajstić information content (AvgIpc) is 2.38. The summed E-state index contributed by atoms with van der Waals surface area (Å²) in [4.78, 5) is 16.4. The minimum absolute atomic E-state index is 0.0722. The number of carbonyl (C=O) groups excluding carboxylic acids is 1. The van der Waals surface area contributed by atoms with Gasteiger partial charge in [0.15, 0.2) is 0 Å². The zero-order valence-corrected chi connectivity index (χ0v) is 13.0. The molecule has 0 saturated heterocycles. The third-order valence-corrected chi connectivity index (χ3v) is 3.69. The minimum Gasteiger partial charge on any atom is -0.287 e. The molecular weight excluding hydrogens is 358 g/mol. The first kappa shape index (κ1) is 13.4. The van der Waals surface area contributed by atoms with Crippen molar-refractivity contribution in [3.63, 3.8) is 0 Å². The number of pyridine rings is 1. The van der Waals surface area contributed by atoms with Crippen molar-refractivity contribution in [3.05, 3.63) is 62.3 Å². The Labute approximate surface area is 123 Å². The van der Waals surface area contributed by atoms with E-state index in [9.17, 15) is 4.79 Å². The fourth-order valence-electron chi connectivity index (χ4n) is 1.61. The quantitative estimate of drug-likeness (QED) is 0.751. The van der Waals surface area contributed by atoms with Crippen molar-refractivity contribution < 1.29 is 4.79 Å². The molecule has 1 aromatic heterocycles. The van der Waals surface area contributed by atoms with Crippen LogP contribution in [0.2, 0.25) is 0 Å². The maximum atomic E-state index is 12.3. The molecule has 0 fully saturated rings. The smallest absolute Gasteiger partial charge is 0.212 e. The van der Waals surface area contributed by atoms with Crippen LogP contribution in [0.1, 0.15) is 28.5 Å². The molecule has 2 aromatic rings. The zero-order chi connectivity index (χ0) is 13.1. The number of hydrogen-bond acceptors (Lipinski definition) is 2. The summed E-state index contributed by atoms with van der Waals surface area (Å²) in [6, 6.07) is 9.45. The molecule has 2 rings (SSSR count). The normalized spacial score (nSPS) is 10.4. The summed E-state index contributed by atoms with van der Waals surface area (Å²) in [5, 5.41) is 0. The van der Waals surface area contributed by atoms with E-state index < -0.39 is 0 Å². The van der Waals surface area contributed by atoms with Gasteiger partial charge in [0.25, 0.3) is 0 Å². The summed E-state index contributed by atoms with van der Waals surface area (Å²) in [6.07, 6.45) is 2.59. The van der Waals surface area contributed by atoms with Crippen LogP contribution in [0.15, 0.2) is 45.5 Å². The number of nitrogens with zero attached hydrogens (tertiary/aromatic N) is 1. The molecule has 0 spiro atoms. The standard InChI is InChI=1S/C14H11Br2NO/c1-2-9-3-5-10(6-4-9)14(18)13-12(16)7-11(15)8-17-13/h3-8H,2H2,1H3. The molecule has 2 nitrogen and oxygen atoms in total. The van der Waals surface area contributed by atoms with E-state index in [4.69, 9.17) is 0 Å². The van der Waals surface area contributed by atoms with Gasteiger partial charge in [0.05, 0.1) is 0 Å². The number of hydrogen-bond donors (Lipinski definition) is 0. The first-order chi connectivity index (χ1) is 8.61. The van der Waals surface area contributed by atoms with Crippen LogP contribution in [0.25, 0.3) is 0 Å². The van der Waals surface area contributed by atoms with Crippen molar-refractivity contribution in [3.8, 4) is 0 Å². The monoisotopic (exact) mass is 367 g/mol. The van der Waals surface area contributed by atoms with Crippen LogP contribution in [0.3, 0.4) is 0 Å². The summed E-state index contributed by atoms with van der Waals surface area (Å²) in [6.45, 7) is 2.09. The molecule has 0 atom stereocenters. The Kier molecular flexibility index (Phi) is 4.30. The Balaban J connectivity index is 2.35. The van der Waals surface area contributed by atoms with E-state index in [1.54, 1.807) is 6.20 Å². The van der Waals surface area contributed by atoms with E-state index in [0.717, 1.165) is 10.9 Å². The van der Waals surface area contributed by atoms with Gasteiger partial charge in [-0.05, 0) is 49.9 Å². The summed E-state index contributed by atoms with van der Waals surface area (Å²) >= 11 is 6.68. The fourth-order valence-corrected chi connectivity index (χ4v) is 2.78. The van der Waals surface area contributed by atoms with Gasteiger partial charge in [0.1, 0.15) is 5.69 Å². The second kappa shape index (κ2) is 5.76. The van der Waals surface area contributed by atoms with Crippen molar-refractivity contribution in [2.45, 2.75) is 13.3 Å². The van der Waals surface area contributed by atoms with E-state index in [2.05, 4.69) is 43.8 Å². The van der Waals surface area contributed by atoms with Crippen LogP contribution in [0.5, 0.6) is 0 Å². The number of aromatic nitrogens is 1. The topological polar surface area (TPSA) is 30.0 Å². The average molecular weight is 369 g/mol. The van der Waals surface area contributed by atoms with Gasteiger partial charge >= 0.3 is 0 Å². The SMILES string of the molecule is CCc1ccc(C(=O)c2ncc(Br)cc2Br)cc1. The van der Waals surface area contributed by atoms with Gasteiger partial charge in [-0.1, -0.05) is 31.2 Å². The molecule has 0 aliphatic rings. The summed E-state index contributed by atoms with van der Waals surface area (Å²) < 4.78 is 1.54. The van der Waals surface area contributed by atoms with Crippen molar-refractivity contribution in [1.29, 1.82) is 0 Å². The molecular formula is C14H11Br2NO. The van der Waals surface area contributed by atoms with Crippen molar-refractivity contribution in [2.24, 2.45) is 0 Å². The van der Waals surface area contributed by atoms with E-state index in [0.29, 0.717) is 15.7 Å². The van der Waals surface area contributed by atoms with E-state index in [-0.39, 0.29) is 5.78 Å².